The molecular weight excluding hydrogens is 285 g/mol. The molecule has 9 heteroatoms. The summed E-state index contributed by atoms with van der Waals surface area (Å²) in [4.78, 5) is 35.3. The molecule has 2 rings (SSSR count). The lowest BCUT2D eigenvalue weighted by atomic mass is 10.1. The number of rotatable bonds is 3. The smallest absolute Gasteiger partial charge is 0.342 e. The van der Waals surface area contributed by atoms with Crippen LogP contribution in [0, 0.1) is 15.9 Å². The number of benzene rings is 1. The number of nitro benzene ring substituents is 1. The average molecular weight is 297 g/mol. The van der Waals surface area contributed by atoms with Crippen LogP contribution in [0.5, 0.6) is 0 Å². The molecule has 0 bridgehead atoms. The zero-order valence-electron chi connectivity index (χ0n) is 11.1. The quantitative estimate of drug-likeness (QED) is 0.651. The summed E-state index contributed by atoms with van der Waals surface area (Å²) in [5.41, 5.74) is -1.55. The lowest BCUT2D eigenvalue weighted by molar-refractivity contribution is -0.385. The Hall–Kier alpha value is -2.71. The van der Waals surface area contributed by atoms with Gasteiger partial charge in [-0.05, 0) is 6.07 Å². The number of carboxylic acids is 1. The Balaban J connectivity index is 2.45. The number of nitro groups is 1. The maximum Gasteiger partial charge on any atom is 0.342 e. The van der Waals surface area contributed by atoms with Gasteiger partial charge in [0.15, 0.2) is 5.82 Å². The zero-order chi connectivity index (χ0) is 15.7. The molecule has 1 heterocycles. The molecular formula is C12H12FN3O5. The third-order valence-electron chi connectivity index (χ3n) is 3.29. The number of carboxylic acid groups (broad SMARTS) is 1. The van der Waals surface area contributed by atoms with Crippen LogP contribution in [0.2, 0.25) is 0 Å². The van der Waals surface area contributed by atoms with E-state index in [-0.39, 0.29) is 18.1 Å². The van der Waals surface area contributed by atoms with Gasteiger partial charge in [0.25, 0.3) is 5.69 Å². The minimum atomic E-state index is -1.52. The lowest BCUT2D eigenvalue weighted by Crippen LogP contribution is -2.48. The van der Waals surface area contributed by atoms with Crippen molar-refractivity contribution in [1.29, 1.82) is 0 Å². The van der Waals surface area contributed by atoms with Gasteiger partial charge in [-0.25, -0.2) is 9.18 Å². The fourth-order valence-electron chi connectivity index (χ4n) is 2.08. The third kappa shape index (κ3) is 2.76. The minimum absolute atomic E-state index is 0.107. The van der Waals surface area contributed by atoms with Gasteiger partial charge in [-0.1, -0.05) is 0 Å². The number of piperazine rings is 1. The standard InChI is InChI=1S/C12H12FN3O5/c1-14-2-3-15(6-11(14)17)10-4-7(12(18)19)9(16(20)21)5-8(10)13/h4-5H,2-3,6H2,1H3,(H,18,19). The first-order chi connectivity index (χ1) is 9.81. The van der Waals surface area contributed by atoms with Crippen LogP contribution in [0.15, 0.2) is 12.1 Å². The van der Waals surface area contributed by atoms with E-state index >= 15 is 0 Å². The zero-order valence-corrected chi connectivity index (χ0v) is 11.1. The van der Waals surface area contributed by atoms with E-state index in [0.29, 0.717) is 19.2 Å². The Morgan fingerprint density at radius 2 is 2.10 bits per heavy atom. The number of amides is 1. The molecule has 0 aliphatic carbocycles. The summed E-state index contributed by atoms with van der Waals surface area (Å²) in [6.45, 7) is 0.567. The summed E-state index contributed by atoms with van der Waals surface area (Å²) in [7, 11) is 1.61. The van der Waals surface area contributed by atoms with Crippen molar-refractivity contribution in [1.82, 2.24) is 4.90 Å². The van der Waals surface area contributed by atoms with Crippen molar-refractivity contribution in [3.63, 3.8) is 0 Å². The number of anilines is 1. The van der Waals surface area contributed by atoms with Gasteiger partial charge in [-0.3, -0.25) is 14.9 Å². The van der Waals surface area contributed by atoms with E-state index in [1.165, 1.54) is 9.80 Å². The van der Waals surface area contributed by atoms with Crippen LogP contribution >= 0.6 is 0 Å². The van der Waals surface area contributed by atoms with Crippen molar-refractivity contribution >= 4 is 23.3 Å². The van der Waals surface area contributed by atoms with Gasteiger partial charge in [-0.15, -0.1) is 0 Å². The van der Waals surface area contributed by atoms with Crippen molar-refractivity contribution in [3.8, 4) is 0 Å². The van der Waals surface area contributed by atoms with Crippen molar-refractivity contribution in [3.05, 3.63) is 33.6 Å². The first kappa shape index (κ1) is 14.7. The van der Waals surface area contributed by atoms with Crippen LogP contribution in [0.3, 0.4) is 0 Å². The predicted molar refractivity (Wildman–Crippen MR) is 69.9 cm³/mol. The molecule has 1 amide bonds. The van der Waals surface area contributed by atoms with Crippen molar-refractivity contribution < 1.29 is 24.0 Å². The highest BCUT2D eigenvalue weighted by molar-refractivity contribution is 5.94. The van der Waals surface area contributed by atoms with Crippen molar-refractivity contribution in [2.24, 2.45) is 0 Å². The summed E-state index contributed by atoms with van der Waals surface area (Å²) in [5.74, 6) is -2.69. The fraction of sp³-hybridized carbons (Fsp3) is 0.333. The SMILES string of the molecule is CN1CCN(c2cc(C(=O)O)c([N+](=O)[O-])cc2F)CC1=O. The molecule has 0 saturated carbocycles. The second-order valence-electron chi connectivity index (χ2n) is 4.62. The van der Waals surface area contributed by atoms with E-state index in [4.69, 9.17) is 5.11 Å². The highest BCUT2D eigenvalue weighted by Gasteiger charge is 2.28. The van der Waals surface area contributed by atoms with Crippen LogP contribution in [0.25, 0.3) is 0 Å². The first-order valence-electron chi connectivity index (χ1n) is 6.01. The molecule has 1 N–H and O–H groups in total. The summed E-state index contributed by atoms with van der Waals surface area (Å²) in [5, 5.41) is 19.8. The Morgan fingerprint density at radius 1 is 1.43 bits per heavy atom. The topological polar surface area (TPSA) is 104 Å². The summed E-state index contributed by atoms with van der Waals surface area (Å²) >= 11 is 0. The highest BCUT2D eigenvalue weighted by atomic mass is 19.1. The second kappa shape index (κ2) is 5.35. The Labute approximate surface area is 118 Å². The maximum absolute atomic E-state index is 14.0. The first-order valence-corrected chi connectivity index (χ1v) is 6.01. The van der Waals surface area contributed by atoms with E-state index in [0.717, 1.165) is 6.07 Å². The highest BCUT2D eigenvalue weighted by Crippen LogP contribution is 2.29. The molecule has 21 heavy (non-hydrogen) atoms. The fourth-order valence-corrected chi connectivity index (χ4v) is 2.08. The number of carbonyl (C=O) groups is 2. The van der Waals surface area contributed by atoms with Gasteiger partial charge >= 0.3 is 5.97 Å². The molecule has 1 aromatic rings. The predicted octanol–water partition coefficient (Wildman–Crippen LogP) is 0.710. The molecule has 112 valence electrons. The molecule has 1 aliphatic heterocycles. The Bertz CT molecular complexity index is 634. The van der Waals surface area contributed by atoms with Gasteiger partial charge < -0.3 is 14.9 Å². The number of likely N-dealkylation sites (N-methyl/N-ethyl adjacent to an activating group) is 1. The van der Waals surface area contributed by atoms with Crippen molar-refractivity contribution in [2.45, 2.75) is 0 Å². The molecule has 0 radical (unpaired) electrons. The summed E-state index contributed by atoms with van der Waals surface area (Å²) in [6.07, 6.45) is 0. The molecule has 0 aromatic heterocycles. The van der Waals surface area contributed by atoms with E-state index in [1.54, 1.807) is 7.05 Å². The summed E-state index contributed by atoms with van der Waals surface area (Å²) < 4.78 is 14.0. The second-order valence-corrected chi connectivity index (χ2v) is 4.62. The molecule has 1 fully saturated rings. The molecule has 0 spiro atoms. The number of halogens is 1. The normalized spacial score (nSPS) is 15.2. The number of hydrogen-bond acceptors (Lipinski definition) is 5. The van der Waals surface area contributed by atoms with Gasteiger partial charge in [0.2, 0.25) is 5.91 Å². The maximum atomic E-state index is 14.0. The number of nitrogens with zero attached hydrogens (tertiary/aromatic N) is 3. The average Bonchev–Trinajstić information content (AvgIpc) is 2.41. The molecule has 1 saturated heterocycles. The van der Waals surface area contributed by atoms with Crippen LogP contribution < -0.4 is 4.90 Å². The van der Waals surface area contributed by atoms with E-state index in [2.05, 4.69) is 0 Å². The monoisotopic (exact) mass is 297 g/mol. The van der Waals surface area contributed by atoms with E-state index < -0.39 is 28.0 Å². The van der Waals surface area contributed by atoms with E-state index in [9.17, 15) is 24.1 Å². The molecule has 1 aliphatic rings. The minimum Gasteiger partial charge on any atom is -0.477 e. The third-order valence-corrected chi connectivity index (χ3v) is 3.29. The largest absolute Gasteiger partial charge is 0.477 e. The summed E-state index contributed by atoms with van der Waals surface area (Å²) in [6, 6.07) is 1.47. The van der Waals surface area contributed by atoms with Crippen LogP contribution in [-0.4, -0.2) is 53.5 Å². The molecule has 1 aromatic carbocycles. The molecule has 0 atom stereocenters. The Kier molecular flexibility index (Phi) is 3.74. The van der Waals surface area contributed by atoms with Crippen LogP contribution in [-0.2, 0) is 4.79 Å². The lowest BCUT2D eigenvalue weighted by Gasteiger charge is -2.33. The Morgan fingerprint density at radius 3 is 2.62 bits per heavy atom. The van der Waals surface area contributed by atoms with Crippen molar-refractivity contribution in [2.75, 3.05) is 31.6 Å². The number of carbonyl (C=O) groups excluding carboxylic acids is 1. The van der Waals surface area contributed by atoms with Gasteiger partial charge in [-0.2, -0.15) is 0 Å². The molecule has 8 nitrogen and oxygen atoms in total. The van der Waals surface area contributed by atoms with Gasteiger partial charge in [0, 0.05) is 20.1 Å². The number of aromatic carboxylic acids is 1. The van der Waals surface area contributed by atoms with E-state index in [1.807, 2.05) is 0 Å². The molecule has 0 unspecified atom stereocenters. The van der Waals surface area contributed by atoms with Gasteiger partial charge in [0.05, 0.1) is 23.2 Å². The van der Waals surface area contributed by atoms with Gasteiger partial charge in [0.1, 0.15) is 5.56 Å². The van der Waals surface area contributed by atoms with Crippen LogP contribution in [0.4, 0.5) is 15.8 Å². The van der Waals surface area contributed by atoms with Crippen LogP contribution in [0.1, 0.15) is 10.4 Å². The number of hydrogen-bond donors (Lipinski definition) is 1.